The van der Waals surface area contributed by atoms with Crippen LogP contribution in [0.1, 0.15) is 25.0 Å². The van der Waals surface area contributed by atoms with Gasteiger partial charge in [-0.05, 0) is 37.1 Å². The Balaban J connectivity index is 1.88. The van der Waals surface area contributed by atoms with Gasteiger partial charge in [0.05, 0.1) is 26.9 Å². The largest absolute Gasteiger partial charge is 0.493 e. The fourth-order valence-electron chi connectivity index (χ4n) is 2.23. The number of guanidine groups is 1. The molecule has 0 aliphatic carbocycles. The van der Waals surface area contributed by atoms with Gasteiger partial charge in [0.2, 0.25) is 5.88 Å². The minimum Gasteiger partial charge on any atom is -0.493 e. The second-order valence-electron chi connectivity index (χ2n) is 5.92. The zero-order valence-corrected chi connectivity index (χ0v) is 15.7. The zero-order chi connectivity index (χ0) is 18.9. The normalized spacial score (nSPS) is 11.3. The molecule has 0 radical (unpaired) electrons. The Morgan fingerprint density at radius 2 is 1.85 bits per heavy atom. The highest BCUT2D eigenvalue weighted by Gasteiger charge is 2.05. The number of nitrogens with zero attached hydrogens (tertiary/aromatic N) is 2. The molecular weight excluding hydrogens is 332 g/mol. The van der Waals surface area contributed by atoms with Gasteiger partial charge in [0.25, 0.3) is 0 Å². The molecule has 0 bridgehead atoms. The molecule has 0 amide bonds. The number of rotatable bonds is 8. The van der Waals surface area contributed by atoms with Crippen LogP contribution in [0.4, 0.5) is 0 Å². The molecular formula is C19H26N4O3. The van der Waals surface area contributed by atoms with Crippen LogP contribution in [0.3, 0.4) is 0 Å². The third-order valence-corrected chi connectivity index (χ3v) is 3.51. The fraction of sp³-hybridized carbons (Fsp3) is 0.368. The van der Waals surface area contributed by atoms with E-state index in [1.54, 1.807) is 20.4 Å². The van der Waals surface area contributed by atoms with E-state index in [1.807, 2.05) is 44.2 Å². The molecule has 26 heavy (non-hydrogen) atoms. The summed E-state index contributed by atoms with van der Waals surface area (Å²) >= 11 is 0. The second kappa shape index (κ2) is 9.50. The molecule has 0 spiro atoms. The number of aromatic nitrogens is 1. The average molecular weight is 358 g/mol. The van der Waals surface area contributed by atoms with E-state index in [9.17, 15) is 0 Å². The van der Waals surface area contributed by atoms with Crippen LogP contribution in [0.15, 0.2) is 41.5 Å². The summed E-state index contributed by atoms with van der Waals surface area (Å²) in [5.74, 6) is 2.34. The number of methoxy groups -OCH3 is 2. The molecule has 0 saturated carbocycles. The van der Waals surface area contributed by atoms with E-state index in [4.69, 9.17) is 19.9 Å². The van der Waals surface area contributed by atoms with E-state index in [0.717, 1.165) is 11.1 Å². The van der Waals surface area contributed by atoms with E-state index in [0.29, 0.717) is 36.4 Å². The number of hydrogen-bond acceptors (Lipinski definition) is 5. The SMILES string of the molecule is COc1ccc(CNC(N)=NCc2ccc(OC(C)C)nc2)cc1OC. The molecule has 0 unspecified atom stereocenters. The quantitative estimate of drug-likeness (QED) is 0.556. The van der Waals surface area contributed by atoms with Crippen LogP contribution in [0.2, 0.25) is 0 Å². The van der Waals surface area contributed by atoms with Crippen LogP contribution < -0.4 is 25.3 Å². The molecule has 3 N–H and O–H groups in total. The number of ether oxygens (including phenoxy) is 3. The molecule has 1 heterocycles. The Bertz CT molecular complexity index is 730. The first-order valence-electron chi connectivity index (χ1n) is 8.38. The maximum atomic E-state index is 5.93. The molecule has 2 rings (SSSR count). The van der Waals surface area contributed by atoms with Crippen molar-refractivity contribution in [3.05, 3.63) is 47.7 Å². The summed E-state index contributed by atoms with van der Waals surface area (Å²) in [5.41, 5.74) is 7.90. The van der Waals surface area contributed by atoms with E-state index in [2.05, 4.69) is 15.3 Å². The predicted molar refractivity (Wildman–Crippen MR) is 102 cm³/mol. The molecule has 0 saturated heterocycles. The topological polar surface area (TPSA) is 91.0 Å². The van der Waals surface area contributed by atoms with Crippen molar-refractivity contribution in [1.82, 2.24) is 10.3 Å². The Morgan fingerprint density at radius 1 is 1.12 bits per heavy atom. The van der Waals surface area contributed by atoms with Crippen molar-refractivity contribution in [1.29, 1.82) is 0 Å². The number of hydrogen-bond donors (Lipinski definition) is 2. The van der Waals surface area contributed by atoms with E-state index < -0.39 is 0 Å². The van der Waals surface area contributed by atoms with Gasteiger partial charge < -0.3 is 25.3 Å². The molecule has 1 aromatic heterocycles. The molecule has 0 atom stereocenters. The minimum absolute atomic E-state index is 0.0998. The van der Waals surface area contributed by atoms with Crippen LogP contribution >= 0.6 is 0 Å². The first-order chi connectivity index (χ1) is 12.5. The smallest absolute Gasteiger partial charge is 0.213 e. The lowest BCUT2D eigenvalue weighted by molar-refractivity contribution is 0.232. The molecule has 0 aliphatic heterocycles. The van der Waals surface area contributed by atoms with Crippen LogP contribution in [-0.2, 0) is 13.1 Å². The summed E-state index contributed by atoms with van der Waals surface area (Å²) in [6, 6.07) is 9.46. The molecule has 2 aromatic rings. The number of aliphatic imine (C=N–C) groups is 1. The molecule has 1 aromatic carbocycles. The van der Waals surface area contributed by atoms with E-state index in [-0.39, 0.29) is 6.10 Å². The van der Waals surface area contributed by atoms with Crippen LogP contribution in [0.25, 0.3) is 0 Å². The Hall–Kier alpha value is -2.96. The highest BCUT2D eigenvalue weighted by molar-refractivity contribution is 5.77. The van der Waals surface area contributed by atoms with Gasteiger partial charge in [0.15, 0.2) is 17.5 Å². The van der Waals surface area contributed by atoms with Gasteiger partial charge >= 0.3 is 0 Å². The van der Waals surface area contributed by atoms with Gasteiger partial charge in [0.1, 0.15) is 0 Å². The summed E-state index contributed by atoms with van der Waals surface area (Å²) in [4.78, 5) is 8.57. The van der Waals surface area contributed by atoms with Crippen LogP contribution in [0, 0.1) is 0 Å². The van der Waals surface area contributed by atoms with Gasteiger partial charge in [-0.15, -0.1) is 0 Å². The maximum Gasteiger partial charge on any atom is 0.213 e. The van der Waals surface area contributed by atoms with E-state index >= 15 is 0 Å². The highest BCUT2D eigenvalue weighted by Crippen LogP contribution is 2.27. The van der Waals surface area contributed by atoms with Crippen molar-refractivity contribution >= 4 is 5.96 Å². The monoisotopic (exact) mass is 358 g/mol. The standard InChI is InChI=1S/C19H26N4O3/c1-13(2)26-18-8-6-15(11-21-18)12-23-19(20)22-10-14-5-7-16(24-3)17(9-14)25-4/h5-9,11,13H,10,12H2,1-4H3,(H3,20,22,23). The molecule has 140 valence electrons. The Labute approximate surface area is 154 Å². The average Bonchev–Trinajstić information content (AvgIpc) is 2.65. The summed E-state index contributed by atoms with van der Waals surface area (Å²) in [6.45, 7) is 4.91. The molecule has 0 fully saturated rings. The summed E-state index contributed by atoms with van der Waals surface area (Å²) in [7, 11) is 3.22. The second-order valence-corrected chi connectivity index (χ2v) is 5.92. The number of nitrogens with two attached hydrogens (primary N) is 1. The van der Waals surface area contributed by atoms with Crippen LogP contribution in [0.5, 0.6) is 17.4 Å². The third-order valence-electron chi connectivity index (χ3n) is 3.51. The third kappa shape index (κ3) is 5.84. The minimum atomic E-state index is 0.0998. The predicted octanol–water partition coefficient (Wildman–Crippen LogP) is 2.49. The Kier molecular flexibility index (Phi) is 7.08. The first-order valence-corrected chi connectivity index (χ1v) is 8.38. The number of benzene rings is 1. The van der Waals surface area contributed by atoms with Crippen molar-refractivity contribution in [2.45, 2.75) is 33.0 Å². The summed E-state index contributed by atoms with van der Waals surface area (Å²) in [5, 5.41) is 3.08. The van der Waals surface area contributed by atoms with Crippen molar-refractivity contribution in [3.63, 3.8) is 0 Å². The number of nitrogens with one attached hydrogen (secondary N) is 1. The van der Waals surface area contributed by atoms with Gasteiger partial charge in [-0.1, -0.05) is 12.1 Å². The lowest BCUT2D eigenvalue weighted by Crippen LogP contribution is -2.31. The van der Waals surface area contributed by atoms with Gasteiger partial charge in [-0.25, -0.2) is 9.98 Å². The Morgan fingerprint density at radius 3 is 2.46 bits per heavy atom. The van der Waals surface area contributed by atoms with Crippen LogP contribution in [-0.4, -0.2) is 31.3 Å². The van der Waals surface area contributed by atoms with Gasteiger partial charge in [0, 0.05) is 18.8 Å². The lowest BCUT2D eigenvalue weighted by atomic mass is 10.2. The van der Waals surface area contributed by atoms with Crippen molar-refractivity contribution in [2.24, 2.45) is 10.7 Å². The number of pyridine rings is 1. The maximum absolute atomic E-state index is 5.93. The van der Waals surface area contributed by atoms with Crippen molar-refractivity contribution in [2.75, 3.05) is 14.2 Å². The van der Waals surface area contributed by atoms with E-state index in [1.165, 1.54) is 0 Å². The summed E-state index contributed by atoms with van der Waals surface area (Å²) < 4.78 is 16.0. The van der Waals surface area contributed by atoms with Crippen molar-refractivity contribution < 1.29 is 14.2 Å². The van der Waals surface area contributed by atoms with Gasteiger partial charge in [-0.3, -0.25) is 0 Å². The zero-order valence-electron chi connectivity index (χ0n) is 15.7. The fourth-order valence-corrected chi connectivity index (χ4v) is 2.23. The lowest BCUT2D eigenvalue weighted by Gasteiger charge is -2.11. The molecule has 7 nitrogen and oxygen atoms in total. The first kappa shape index (κ1) is 19.4. The molecule has 0 aliphatic rings. The summed E-state index contributed by atoms with van der Waals surface area (Å²) in [6.07, 6.45) is 1.84. The molecule has 7 heteroatoms. The van der Waals surface area contributed by atoms with Crippen molar-refractivity contribution in [3.8, 4) is 17.4 Å². The highest BCUT2D eigenvalue weighted by atomic mass is 16.5. The van der Waals surface area contributed by atoms with Gasteiger partial charge in [-0.2, -0.15) is 0 Å².